The summed E-state index contributed by atoms with van der Waals surface area (Å²) in [6.45, 7) is 4.13. The molecule has 4 fully saturated rings. The van der Waals surface area contributed by atoms with Crippen molar-refractivity contribution in [2.75, 3.05) is 45.5 Å². The Hall–Kier alpha value is -3.45. The van der Waals surface area contributed by atoms with Crippen molar-refractivity contribution in [1.82, 2.24) is 14.7 Å². The van der Waals surface area contributed by atoms with Crippen molar-refractivity contribution in [3.63, 3.8) is 0 Å². The fourth-order valence-electron chi connectivity index (χ4n) is 7.90. The van der Waals surface area contributed by atoms with E-state index < -0.39 is 27.2 Å². The first-order valence-electron chi connectivity index (χ1n) is 17.2. The lowest BCUT2D eigenvalue weighted by Gasteiger charge is -2.38. The molecular formula is C36H44F3N3O6S. The number of amides is 2. The largest absolute Gasteiger partial charge is 0.441 e. The van der Waals surface area contributed by atoms with Gasteiger partial charge < -0.3 is 14.5 Å². The van der Waals surface area contributed by atoms with Crippen LogP contribution in [0, 0.1) is 17.8 Å². The van der Waals surface area contributed by atoms with Crippen LogP contribution < -0.4 is 0 Å². The topological polar surface area (TPSA) is 104 Å². The van der Waals surface area contributed by atoms with Crippen LogP contribution in [0.5, 0.6) is 0 Å². The van der Waals surface area contributed by atoms with Gasteiger partial charge in [0.15, 0.2) is 15.6 Å². The van der Waals surface area contributed by atoms with Gasteiger partial charge in [-0.2, -0.15) is 13.2 Å². The molecule has 0 bridgehead atoms. The van der Waals surface area contributed by atoms with Gasteiger partial charge in [0.2, 0.25) is 5.91 Å². The molecule has 3 saturated heterocycles. The molecule has 266 valence electrons. The number of alkyl halides is 3. The minimum atomic E-state index is -4.35. The average molecular weight is 704 g/mol. The fourth-order valence-corrected chi connectivity index (χ4v) is 8.53. The monoisotopic (exact) mass is 703 g/mol. The lowest BCUT2D eigenvalue weighted by atomic mass is 9.80. The minimum absolute atomic E-state index is 0.0152. The molecule has 3 aliphatic heterocycles. The van der Waals surface area contributed by atoms with Crippen LogP contribution in [0.25, 0.3) is 0 Å². The maximum atomic E-state index is 13.4. The summed E-state index contributed by atoms with van der Waals surface area (Å²) in [5, 5.41) is 0. The third kappa shape index (κ3) is 8.30. The minimum Gasteiger partial charge on any atom is -0.441 e. The highest BCUT2D eigenvalue weighted by molar-refractivity contribution is 7.90. The Morgan fingerprint density at radius 2 is 1.47 bits per heavy atom. The number of ketones is 1. The van der Waals surface area contributed by atoms with E-state index in [2.05, 4.69) is 4.90 Å². The highest BCUT2D eigenvalue weighted by atomic mass is 32.2. The third-order valence-corrected chi connectivity index (χ3v) is 12.0. The number of ether oxygens (including phenoxy) is 1. The van der Waals surface area contributed by atoms with Gasteiger partial charge in [-0.3, -0.25) is 14.5 Å². The highest BCUT2D eigenvalue weighted by Crippen LogP contribution is 2.37. The lowest BCUT2D eigenvalue weighted by Crippen LogP contribution is -2.47. The summed E-state index contributed by atoms with van der Waals surface area (Å²) in [5.74, 6) is 0.170. The molecule has 1 saturated carbocycles. The molecule has 6 rings (SSSR count). The molecule has 13 heteroatoms. The quantitative estimate of drug-likeness (QED) is 0.319. The maximum absolute atomic E-state index is 13.4. The standard InChI is InChI=1S/C36H44F3N3O6S/c1-49(46,47)31-12-8-27(9-13-31)32(43)28-14-18-41(19-15-28)33(44)29-6-2-26(3-7-29)23-42-24-35(48-34(42)45)16-20-40(21-17-35)22-25-4-10-30(11-5-25)36(37,38)39/h4-5,8-13,26,28-29H,2-3,6-7,14-24H2,1H3. The molecule has 4 aliphatic rings. The summed E-state index contributed by atoms with van der Waals surface area (Å²) in [5.41, 5.74) is 0.120. The zero-order chi connectivity index (χ0) is 35.0. The van der Waals surface area contributed by atoms with Crippen molar-refractivity contribution in [2.24, 2.45) is 17.8 Å². The van der Waals surface area contributed by atoms with E-state index in [1.165, 1.54) is 24.3 Å². The van der Waals surface area contributed by atoms with Crippen molar-refractivity contribution in [3.8, 4) is 0 Å². The molecule has 49 heavy (non-hydrogen) atoms. The number of benzene rings is 2. The Balaban J connectivity index is 0.912. The van der Waals surface area contributed by atoms with Gasteiger partial charge >= 0.3 is 12.3 Å². The smallest absolute Gasteiger partial charge is 0.416 e. The summed E-state index contributed by atoms with van der Waals surface area (Å²) in [4.78, 5) is 45.4. The predicted molar refractivity (Wildman–Crippen MR) is 175 cm³/mol. The van der Waals surface area contributed by atoms with E-state index in [4.69, 9.17) is 4.74 Å². The van der Waals surface area contributed by atoms with Gasteiger partial charge in [0.25, 0.3) is 0 Å². The molecule has 2 aromatic rings. The molecule has 0 unspecified atom stereocenters. The van der Waals surface area contributed by atoms with Crippen LogP contribution in [-0.4, -0.2) is 92.0 Å². The Labute approximate surface area is 285 Å². The zero-order valence-electron chi connectivity index (χ0n) is 27.8. The van der Waals surface area contributed by atoms with E-state index in [1.54, 1.807) is 12.1 Å². The van der Waals surface area contributed by atoms with Crippen molar-refractivity contribution in [1.29, 1.82) is 0 Å². The SMILES string of the molecule is CS(=O)(=O)c1ccc(C(=O)C2CCN(C(=O)C3CCC(CN4CC5(CCN(Cc6ccc(C(F)(F)F)cc6)CC5)OC4=O)CC3)CC2)cc1. The number of sulfone groups is 1. The number of piperidine rings is 2. The summed E-state index contributed by atoms with van der Waals surface area (Å²) >= 11 is 0. The number of hydrogen-bond acceptors (Lipinski definition) is 7. The molecular weight excluding hydrogens is 659 g/mol. The van der Waals surface area contributed by atoms with Crippen molar-refractivity contribution in [2.45, 2.75) is 74.6 Å². The Morgan fingerprint density at radius 1 is 0.857 bits per heavy atom. The second kappa shape index (κ2) is 14.0. The van der Waals surface area contributed by atoms with E-state index in [-0.39, 0.29) is 34.5 Å². The van der Waals surface area contributed by atoms with Gasteiger partial charge in [0.1, 0.15) is 5.60 Å². The molecule has 3 heterocycles. The van der Waals surface area contributed by atoms with Crippen molar-refractivity contribution in [3.05, 3.63) is 65.2 Å². The van der Waals surface area contributed by atoms with Gasteiger partial charge in [-0.15, -0.1) is 0 Å². The van der Waals surface area contributed by atoms with Crippen LogP contribution in [-0.2, 0) is 32.1 Å². The number of carbonyl (C=O) groups excluding carboxylic acids is 3. The molecule has 0 atom stereocenters. The van der Waals surface area contributed by atoms with E-state index >= 15 is 0 Å². The Kier molecular flexibility index (Phi) is 10.1. The first-order valence-corrected chi connectivity index (χ1v) is 19.1. The lowest BCUT2D eigenvalue weighted by molar-refractivity contribution is -0.138. The number of likely N-dealkylation sites (tertiary alicyclic amines) is 2. The molecule has 0 radical (unpaired) electrons. The summed E-state index contributed by atoms with van der Waals surface area (Å²) in [6.07, 6.45) is 2.24. The number of hydrogen-bond donors (Lipinski definition) is 0. The van der Waals surface area contributed by atoms with E-state index in [1.807, 2.05) is 9.80 Å². The van der Waals surface area contributed by atoms with Crippen LogP contribution in [0.15, 0.2) is 53.4 Å². The first kappa shape index (κ1) is 35.4. The van der Waals surface area contributed by atoms with E-state index in [0.29, 0.717) is 83.0 Å². The summed E-state index contributed by atoms with van der Waals surface area (Å²) in [7, 11) is -3.33. The number of nitrogens with zero attached hydrogens (tertiary/aromatic N) is 3. The molecule has 9 nitrogen and oxygen atoms in total. The van der Waals surface area contributed by atoms with Crippen LogP contribution in [0.1, 0.15) is 72.9 Å². The number of halogens is 3. The molecule has 0 aromatic heterocycles. The van der Waals surface area contributed by atoms with Gasteiger partial charge in [-0.05, 0) is 74.3 Å². The van der Waals surface area contributed by atoms with Crippen molar-refractivity contribution >= 4 is 27.6 Å². The van der Waals surface area contributed by atoms with Crippen molar-refractivity contribution < 1.29 is 40.7 Å². The number of carbonyl (C=O) groups is 3. The van der Waals surface area contributed by atoms with Crippen LogP contribution in [0.4, 0.5) is 18.0 Å². The molecule has 2 aromatic carbocycles. The first-order chi connectivity index (χ1) is 23.2. The number of Topliss-reactive ketones (excluding diaryl/α,β-unsaturated/α-hetero) is 1. The fraction of sp³-hybridized carbons (Fsp3) is 0.583. The molecule has 1 spiro atoms. The zero-order valence-corrected chi connectivity index (χ0v) is 28.6. The van der Waals surface area contributed by atoms with E-state index in [9.17, 15) is 36.0 Å². The maximum Gasteiger partial charge on any atom is 0.416 e. The van der Waals surface area contributed by atoms with Gasteiger partial charge in [0, 0.05) is 75.8 Å². The second-order valence-corrected chi connectivity index (χ2v) is 16.4. The Morgan fingerprint density at radius 3 is 2.04 bits per heavy atom. The number of rotatable bonds is 8. The summed E-state index contributed by atoms with van der Waals surface area (Å²) in [6, 6.07) is 11.3. The van der Waals surface area contributed by atoms with Crippen LogP contribution in [0.2, 0.25) is 0 Å². The van der Waals surface area contributed by atoms with Gasteiger partial charge in [-0.1, -0.05) is 24.3 Å². The average Bonchev–Trinajstić information content (AvgIpc) is 3.38. The third-order valence-electron chi connectivity index (χ3n) is 10.9. The second-order valence-electron chi connectivity index (χ2n) is 14.4. The molecule has 2 amide bonds. The summed E-state index contributed by atoms with van der Waals surface area (Å²) < 4.78 is 68.1. The van der Waals surface area contributed by atoms with E-state index in [0.717, 1.165) is 49.6 Å². The van der Waals surface area contributed by atoms with Gasteiger partial charge in [-0.25, -0.2) is 13.2 Å². The normalized spacial score (nSPS) is 23.9. The van der Waals surface area contributed by atoms with Gasteiger partial charge in [0.05, 0.1) is 17.0 Å². The Bertz CT molecular complexity index is 1620. The predicted octanol–water partition coefficient (Wildman–Crippen LogP) is 5.82. The molecule has 1 aliphatic carbocycles. The molecule has 0 N–H and O–H groups in total. The highest BCUT2D eigenvalue weighted by Gasteiger charge is 2.47. The van der Waals surface area contributed by atoms with Crippen LogP contribution in [0.3, 0.4) is 0 Å². The van der Waals surface area contributed by atoms with Crippen LogP contribution >= 0.6 is 0 Å².